The third kappa shape index (κ3) is 6.66. The minimum Gasteiger partial charge on any atom is -0.444 e. The fourth-order valence-corrected chi connectivity index (χ4v) is 5.03. The molecule has 0 aliphatic carbocycles. The second-order valence-corrected chi connectivity index (χ2v) is 12.0. The van der Waals surface area contributed by atoms with Crippen molar-refractivity contribution >= 4 is 38.3 Å². The molecule has 2 atom stereocenters. The molecule has 0 bridgehead atoms. The number of rotatable bonds is 8. The van der Waals surface area contributed by atoms with E-state index < -0.39 is 25.8 Å². The Balaban J connectivity index is 2.23. The minimum absolute atomic E-state index is 0.0306. The number of halogens is 1. The van der Waals surface area contributed by atoms with E-state index in [4.69, 9.17) is 20.8 Å². The highest BCUT2D eigenvalue weighted by Crippen LogP contribution is 2.43. The number of benzene rings is 1. The number of likely N-dealkylation sites (tertiary alicyclic amines) is 1. The van der Waals surface area contributed by atoms with Crippen molar-refractivity contribution in [2.45, 2.75) is 52.6 Å². The Morgan fingerprint density at radius 2 is 1.94 bits per heavy atom. The molecule has 178 valence electrons. The van der Waals surface area contributed by atoms with Gasteiger partial charge in [-0.15, -0.1) is 11.6 Å². The first kappa shape index (κ1) is 26.1. The predicted octanol–water partition coefficient (Wildman–Crippen LogP) is 3.65. The molecule has 0 spiro atoms. The summed E-state index contributed by atoms with van der Waals surface area (Å²) >= 11 is 5.65. The molecule has 2 amide bonds. The summed E-state index contributed by atoms with van der Waals surface area (Å²) in [7, 11) is -1.62. The van der Waals surface area contributed by atoms with E-state index in [-0.39, 0.29) is 42.0 Å². The molecule has 1 aliphatic rings. The van der Waals surface area contributed by atoms with Crippen LogP contribution >= 0.6 is 11.6 Å². The van der Waals surface area contributed by atoms with Crippen LogP contribution in [0.15, 0.2) is 24.3 Å². The number of hydrogen-bond acceptors (Lipinski definition) is 6. The van der Waals surface area contributed by atoms with Crippen LogP contribution in [0.3, 0.4) is 0 Å². The second-order valence-electron chi connectivity index (χ2n) is 9.38. The average Bonchev–Trinajstić information content (AvgIpc) is 3.09. The molecule has 0 unspecified atom stereocenters. The maximum atomic E-state index is 13.2. The van der Waals surface area contributed by atoms with Crippen molar-refractivity contribution < 1.29 is 23.7 Å². The van der Waals surface area contributed by atoms with Gasteiger partial charge in [0.2, 0.25) is 5.91 Å². The zero-order valence-electron chi connectivity index (χ0n) is 19.2. The number of nitrogens with zero attached hydrogens (tertiary/aromatic N) is 2. The number of nitro benzene ring substituents is 1. The first-order valence-corrected chi connectivity index (χ1v) is 13.9. The molecule has 0 radical (unpaired) electrons. The Bertz CT molecular complexity index is 830. The van der Waals surface area contributed by atoms with Gasteiger partial charge < -0.3 is 14.5 Å². The third-order valence-corrected chi connectivity index (χ3v) is 6.71. The fourth-order valence-electron chi connectivity index (χ4n) is 3.75. The van der Waals surface area contributed by atoms with E-state index in [0.717, 1.165) is 0 Å². The molecule has 1 heterocycles. The van der Waals surface area contributed by atoms with E-state index in [0.29, 0.717) is 18.5 Å². The highest BCUT2D eigenvalue weighted by molar-refractivity contribution is 6.48. The van der Waals surface area contributed by atoms with Gasteiger partial charge in [0.25, 0.3) is 5.69 Å². The molecular formula is C21H32ClN3O6Si. The van der Waals surface area contributed by atoms with E-state index in [1.165, 1.54) is 12.1 Å². The highest BCUT2D eigenvalue weighted by atomic mass is 35.5. The molecule has 0 saturated carbocycles. The number of ether oxygens (including phenoxy) is 1. The van der Waals surface area contributed by atoms with Crippen LogP contribution in [0.4, 0.5) is 10.5 Å². The topological polar surface area (TPSA) is 111 Å². The summed E-state index contributed by atoms with van der Waals surface area (Å²) in [5.74, 6) is -0.379. The molecule has 1 aromatic carbocycles. The van der Waals surface area contributed by atoms with Crippen molar-refractivity contribution in [3.05, 3.63) is 39.9 Å². The second kappa shape index (κ2) is 10.6. The van der Waals surface area contributed by atoms with Crippen LogP contribution in [0, 0.1) is 21.4 Å². The lowest BCUT2D eigenvalue weighted by Crippen LogP contribution is -2.57. The summed E-state index contributed by atoms with van der Waals surface area (Å²) in [6, 6.07) is 5.85. The lowest BCUT2D eigenvalue weighted by Gasteiger charge is -2.39. The Labute approximate surface area is 195 Å². The van der Waals surface area contributed by atoms with Gasteiger partial charge in [0, 0.05) is 25.1 Å². The number of carbonyl (C=O) groups is 2. The summed E-state index contributed by atoms with van der Waals surface area (Å²) in [6.45, 7) is 10.9. The Morgan fingerprint density at radius 1 is 1.31 bits per heavy atom. The summed E-state index contributed by atoms with van der Waals surface area (Å²) in [4.78, 5) is 37.0. The molecule has 9 nitrogen and oxygen atoms in total. The molecule has 1 saturated heterocycles. The van der Waals surface area contributed by atoms with Crippen molar-refractivity contribution in [3.8, 4) is 0 Å². The lowest BCUT2D eigenvalue weighted by atomic mass is 9.79. The van der Waals surface area contributed by atoms with Gasteiger partial charge in [-0.25, -0.2) is 4.79 Å². The third-order valence-electron chi connectivity index (χ3n) is 5.55. The number of nitro groups is 1. The number of hydrogen-bond donors (Lipinski definition) is 1. The first-order valence-electron chi connectivity index (χ1n) is 10.6. The van der Waals surface area contributed by atoms with E-state index in [2.05, 4.69) is 26.1 Å². The maximum Gasteiger partial charge on any atom is 0.412 e. The zero-order valence-corrected chi connectivity index (χ0v) is 21.1. The molecule has 2 rings (SSSR count). The smallest absolute Gasteiger partial charge is 0.412 e. The van der Waals surface area contributed by atoms with Crippen LogP contribution in [-0.2, 0) is 20.6 Å². The van der Waals surface area contributed by atoms with Crippen LogP contribution in [-0.4, -0.2) is 55.6 Å². The molecule has 32 heavy (non-hydrogen) atoms. The van der Waals surface area contributed by atoms with Gasteiger partial charge in [-0.05, 0) is 42.1 Å². The van der Waals surface area contributed by atoms with Crippen LogP contribution in [0.2, 0.25) is 13.1 Å². The van der Waals surface area contributed by atoms with Gasteiger partial charge in [-0.1, -0.05) is 20.8 Å². The number of non-ortho nitro benzene ring substituents is 1. The molecule has 11 heteroatoms. The summed E-state index contributed by atoms with van der Waals surface area (Å²) in [5.41, 5.74) is -0.489. The van der Waals surface area contributed by atoms with E-state index in [1.54, 1.807) is 17.0 Å². The Hall–Kier alpha value is -2.17. The molecular weight excluding hydrogens is 454 g/mol. The molecule has 0 aromatic heterocycles. The van der Waals surface area contributed by atoms with Crippen LogP contribution in [0.1, 0.15) is 32.8 Å². The molecule has 1 fully saturated rings. The largest absolute Gasteiger partial charge is 0.444 e. The van der Waals surface area contributed by atoms with Crippen molar-refractivity contribution in [2.24, 2.45) is 11.3 Å². The number of amides is 2. The monoisotopic (exact) mass is 485 g/mol. The summed E-state index contributed by atoms with van der Waals surface area (Å²) < 4.78 is 11.9. The van der Waals surface area contributed by atoms with Gasteiger partial charge >= 0.3 is 6.09 Å². The SMILES string of the molecule is C[SiH](C)O[C@]1(CNC(=O)CCl)C[C@H](C(C)(C)C)CN1C(=O)OCc1ccc([N+](=O)[O-])cc1. The number of nitrogens with one attached hydrogen (secondary N) is 1. The van der Waals surface area contributed by atoms with Crippen molar-refractivity contribution in [3.63, 3.8) is 0 Å². The number of carbonyl (C=O) groups excluding carboxylic acids is 2. The molecule has 1 N–H and O–H groups in total. The van der Waals surface area contributed by atoms with Crippen LogP contribution in [0.25, 0.3) is 0 Å². The maximum absolute atomic E-state index is 13.2. The average molecular weight is 486 g/mol. The Morgan fingerprint density at radius 3 is 2.44 bits per heavy atom. The van der Waals surface area contributed by atoms with Gasteiger partial charge in [0.1, 0.15) is 12.5 Å². The standard InChI is InChI=1S/C21H32ClN3O6Si/c1-20(2,3)16-10-21(31-32(4)5,14-23-18(26)11-22)24(12-16)19(27)30-13-15-6-8-17(9-7-15)25(28)29/h6-9,16,32H,10-14H2,1-5H3,(H,23,26)/t16-,21-/m0/s1. The van der Waals surface area contributed by atoms with Crippen LogP contribution < -0.4 is 5.32 Å². The Kier molecular flexibility index (Phi) is 8.66. The quantitative estimate of drug-likeness (QED) is 0.260. The van der Waals surface area contributed by atoms with Crippen molar-refractivity contribution in [1.82, 2.24) is 10.2 Å². The summed E-state index contributed by atoms with van der Waals surface area (Å²) in [5, 5.41) is 13.6. The van der Waals surface area contributed by atoms with Gasteiger partial charge in [-0.2, -0.15) is 0 Å². The first-order chi connectivity index (χ1) is 14.9. The molecule has 1 aliphatic heterocycles. The zero-order chi connectivity index (χ0) is 24.1. The van der Waals surface area contributed by atoms with Gasteiger partial charge in [-0.3, -0.25) is 19.8 Å². The van der Waals surface area contributed by atoms with Crippen molar-refractivity contribution in [2.75, 3.05) is 19.0 Å². The fraction of sp³-hybridized carbons (Fsp3) is 0.619. The van der Waals surface area contributed by atoms with E-state index in [1.807, 2.05) is 13.1 Å². The van der Waals surface area contributed by atoms with Crippen molar-refractivity contribution in [1.29, 1.82) is 0 Å². The highest BCUT2D eigenvalue weighted by Gasteiger charge is 2.52. The summed E-state index contributed by atoms with van der Waals surface area (Å²) in [6.07, 6.45) is 0.0153. The molecule has 1 aromatic rings. The number of alkyl halides is 1. The van der Waals surface area contributed by atoms with Crippen LogP contribution in [0.5, 0.6) is 0 Å². The van der Waals surface area contributed by atoms with E-state index in [9.17, 15) is 19.7 Å². The minimum atomic E-state index is -1.62. The van der Waals surface area contributed by atoms with E-state index >= 15 is 0 Å². The normalized spacial score (nSPS) is 21.0. The van der Waals surface area contributed by atoms with Gasteiger partial charge in [0.15, 0.2) is 14.8 Å². The predicted molar refractivity (Wildman–Crippen MR) is 124 cm³/mol. The van der Waals surface area contributed by atoms with Gasteiger partial charge in [0.05, 0.1) is 11.5 Å². The lowest BCUT2D eigenvalue weighted by molar-refractivity contribution is -0.384.